The number of benzene rings is 1. The van der Waals surface area contributed by atoms with Gasteiger partial charge < -0.3 is 9.64 Å². The number of carbonyl (C=O) groups excluding carboxylic acids is 1. The van der Waals surface area contributed by atoms with Crippen LogP contribution in [0.4, 0.5) is 11.4 Å². The number of nitro benzene ring substituents is 1. The van der Waals surface area contributed by atoms with E-state index in [4.69, 9.17) is 4.74 Å². The van der Waals surface area contributed by atoms with Crippen LogP contribution >= 0.6 is 0 Å². The number of ether oxygens (including phenoxy) is 1. The van der Waals surface area contributed by atoms with Gasteiger partial charge in [-0.1, -0.05) is 25.3 Å². The number of carbonyl (C=O) groups is 1. The molecule has 1 aliphatic rings. The molecule has 130 valence electrons. The van der Waals surface area contributed by atoms with Gasteiger partial charge in [0.1, 0.15) is 5.69 Å². The molecular formula is C18H24N2O4. The third kappa shape index (κ3) is 5.08. The molecule has 0 aromatic heterocycles. The Bertz CT molecular complexity index is 605. The number of hydrogen-bond acceptors (Lipinski definition) is 5. The van der Waals surface area contributed by atoms with Gasteiger partial charge in [0.2, 0.25) is 0 Å². The highest BCUT2D eigenvalue weighted by Gasteiger charge is 2.20. The molecule has 1 saturated heterocycles. The monoisotopic (exact) mass is 332 g/mol. The largest absolute Gasteiger partial charge is 0.463 e. The maximum absolute atomic E-state index is 11.5. The molecule has 0 radical (unpaired) electrons. The second-order valence-electron chi connectivity index (χ2n) is 5.85. The Hall–Kier alpha value is -2.37. The van der Waals surface area contributed by atoms with Crippen LogP contribution in [0, 0.1) is 10.1 Å². The van der Waals surface area contributed by atoms with E-state index in [1.54, 1.807) is 25.1 Å². The number of rotatable bonds is 5. The maximum atomic E-state index is 11.5. The Morgan fingerprint density at radius 2 is 1.92 bits per heavy atom. The van der Waals surface area contributed by atoms with Crippen LogP contribution in [0.3, 0.4) is 0 Å². The van der Waals surface area contributed by atoms with Gasteiger partial charge in [0, 0.05) is 25.2 Å². The lowest BCUT2D eigenvalue weighted by molar-refractivity contribution is -0.384. The lowest BCUT2D eigenvalue weighted by atomic mass is 10.1. The van der Waals surface area contributed by atoms with E-state index < -0.39 is 5.97 Å². The van der Waals surface area contributed by atoms with Gasteiger partial charge in [-0.2, -0.15) is 0 Å². The van der Waals surface area contributed by atoms with Gasteiger partial charge >= 0.3 is 5.97 Å². The van der Waals surface area contributed by atoms with Crippen molar-refractivity contribution >= 4 is 23.4 Å². The van der Waals surface area contributed by atoms with Crippen LogP contribution in [0.2, 0.25) is 0 Å². The molecule has 0 atom stereocenters. The molecule has 0 saturated carbocycles. The van der Waals surface area contributed by atoms with E-state index in [2.05, 4.69) is 4.90 Å². The van der Waals surface area contributed by atoms with Crippen LogP contribution < -0.4 is 4.90 Å². The van der Waals surface area contributed by atoms with Crippen molar-refractivity contribution < 1.29 is 14.5 Å². The summed E-state index contributed by atoms with van der Waals surface area (Å²) in [6.45, 7) is 3.73. The Morgan fingerprint density at radius 3 is 2.54 bits per heavy atom. The SMILES string of the molecule is CCOC(=O)/C=C/c1ccc(N2CCCCCCC2)c([N+](=O)[O-])c1. The summed E-state index contributed by atoms with van der Waals surface area (Å²) >= 11 is 0. The van der Waals surface area contributed by atoms with E-state index >= 15 is 0 Å². The summed E-state index contributed by atoms with van der Waals surface area (Å²) in [4.78, 5) is 24.6. The first-order valence-electron chi connectivity index (χ1n) is 8.50. The third-order valence-electron chi connectivity index (χ3n) is 4.09. The van der Waals surface area contributed by atoms with Crippen LogP contribution in [0.25, 0.3) is 6.08 Å². The quantitative estimate of drug-likeness (QED) is 0.353. The van der Waals surface area contributed by atoms with Gasteiger partial charge in [0.15, 0.2) is 0 Å². The van der Waals surface area contributed by atoms with E-state index in [-0.39, 0.29) is 10.6 Å². The molecule has 1 aromatic rings. The van der Waals surface area contributed by atoms with Crippen molar-refractivity contribution in [3.63, 3.8) is 0 Å². The second kappa shape index (κ2) is 9.05. The Morgan fingerprint density at radius 1 is 1.25 bits per heavy atom. The third-order valence-corrected chi connectivity index (χ3v) is 4.09. The molecule has 1 aromatic carbocycles. The fraction of sp³-hybridized carbons (Fsp3) is 0.500. The van der Waals surface area contributed by atoms with Gasteiger partial charge in [-0.3, -0.25) is 10.1 Å². The number of hydrogen-bond donors (Lipinski definition) is 0. The van der Waals surface area contributed by atoms with E-state index in [0.29, 0.717) is 17.9 Å². The first-order chi connectivity index (χ1) is 11.6. The summed E-state index contributed by atoms with van der Waals surface area (Å²) in [5.41, 5.74) is 1.36. The van der Waals surface area contributed by atoms with Gasteiger partial charge in [-0.25, -0.2) is 4.79 Å². The molecule has 6 heteroatoms. The predicted molar refractivity (Wildman–Crippen MR) is 94.1 cm³/mol. The maximum Gasteiger partial charge on any atom is 0.330 e. The number of esters is 1. The van der Waals surface area contributed by atoms with E-state index in [1.165, 1.54) is 31.4 Å². The summed E-state index contributed by atoms with van der Waals surface area (Å²) in [5, 5.41) is 11.5. The zero-order valence-corrected chi connectivity index (χ0v) is 14.1. The fourth-order valence-electron chi connectivity index (χ4n) is 2.90. The van der Waals surface area contributed by atoms with E-state index in [9.17, 15) is 14.9 Å². The van der Waals surface area contributed by atoms with Gasteiger partial charge in [-0.05, 0) is 37.5 Å². The smallest absolute Gasteiger partial charge is 0.330 e. The summed E-state index contributed by atoms with van der Waals surface area (Å²) in [6, 6.07) is 5.10. The number of nitro groups is 1. The average molecular weight is 332 g/mol. The highest BCUT2D eigenvalue weighted by Crippen LogP contribution is 2.31. The Balaban J connectivity index is 2.22. The first kappa shape index (κ1) is 18.0. The summed E-state index contributed by atoms with van der Waals surface area (Å²) in [7, 11) is 0. The Labute approximate surface area is 142 Å². The zero-order valence-electron chi connectivity index (χ0n) is 14.1. The van der Waals surface area contributed by atoms with Crippen molar-refractivity contribution in [1.82, 2.24) is 0 Å². The van der Waals surface area contributed by atoms with Crippen molar-refractivity contribution in [2.24, 2.45) is 0 Å². The molecule has 0 unspecified atom stereocenters. The number of anilines is 1. The van der Waals surface area contributed by atoms with Crippen molar-refractivity contribution in [1.29, 1.82) is 0 Å². The molecule has 24 heavy (non-hydrogen) atoms. The summed E-state index contributed by atoms with van der Waals surface area (Å²) < 4.78 is 4.82. The van der Waals surface area contributed by atoms with Crippen LogP contribution in [0.15, 0.2) is 24.3 Å². The minimum atomic E-state index is -0.451. The topological polar surface area (TPSA) is 72.7 Å². The molecule has 0 N–H and O–H groups in total. The van der Waals surface area contributed by atoms with E-state index in [1.807, 2.05) is 0 Å². The molecule has 0 aliphatic carbocycles. The molecule has 0 spiro atoms. The van der Waals surface area contributed by atoms with Crippen LogP contribution in [-0.2, 0) is 9.53 Å². The standard InChI is InChI=1S/C18H24N2O4/c1-2-24-18(21)11-9-15-8-10-16(17(14-15)20(22)23)19-12-6-4-3-5-7-13-19/h8-11,14H,2-7,12-13H2,1H3/b11-9+. The molecule has 0 amide bonds. The van der Waals surface area contributed by atoms with Crippen molar-refractivity contribution in [2.75, 3.05) is 24.6 Å². The van der Waals surface area contributed by atoms with Crippen molar-refractivity contribution in [3.05, 3.63) is 40.0 Å². The Kier molecular flexibility index (Phi) is 6.78. The zero-order chi connectivity index (χ0) is 17.4. The summed E-state index contributed by atoms with van der Waals surface area (Å²) in [6.07, 6.45) is 8.53. The lowest BCUT2D eigenvalue weighted by Crippen LogP contribution is -2.27. The van der Waals surface area contributed by atoms with Crippen LogP contribution in [-0.4, -0.2) is 30.6 Å². The molecule has 1 aliphatic heterocycles. The van der Waals surface area contributed by atoms with Crippen LogP contribution in [0.5, 0.6) is 0 Å². The molecule has 1 fully saturated rings. The van der Waals surface area contributed by atoms with E-state index in [0.717, 1.165) is 25.9 Å². The fourth-order valence-corrected chi connectivity index (χ4v) is 2.90. The van der Waals surface area contributed by atoms with Crippen molar-refractivity contribution in [2.45, 2.75) is 39.0 Å². The average Bonchev–Trinajstić information content (AvgIpc) is 2.53. The van der Waals surface area contributed by atoms with Gasteiger partial charge in [0.05, 0.1) is 11.5 Å². The summed E-state index contributed by atoms with van der Waals surface area (Å²) in [5.74, 6) is -0.451. The highest BCUT2D eigenvalue weighted by molar-refractivity contribution is 5.87. The first-order valence-corrected chi connectivity index (χ1v) is 8.50. The molecular weight excluding hydrogens is 308 g/mol. The number of nitrogens with zero attached hydrogens (tertiary/aromatic N) is 2. The van der Waals surface area contributed by atoms with Gasteiger partial charge in [-0.15, -0.1) is 0 Å². The minimum Gasteiger partial charge on any atom is -0.463 e. The minimum absolute atomic E-state index is 0.0848. The predicted octanol–water partition coefficient (Wildman–Crippen LogP) is 3.94. The molecule has 2 rings (SSSR count). The molecule has 0 bridgehead atoms. The lowest BCUT2D eigenvalue weighted by Gasteiger charge is -2.26. The molecule has 1 heterocycles. The highest BCUT2D eigenvalue weighted by atomic mass is 16.6. The second-order valence-corrected chi connectivity index (χ2v) is 5.85. The molecule has 6 nitrogen and oxygen atoms in total. The van der Waals surface area contributed by atoms with Crippen LogP contribution in [0.1, 0.15) is 44.6 Å². The van der Waals surface area contributed by atoms with Gasteiger partial charge in [0.25, 0.3) is 5.69 Å². The van der Waals surface area contributed by atoms with Crippen molar-refractivity contribution in [3.8, 4) is 0 Å². The normalized spacial score (nSPS) is 15.8.